The Balaban J connectivity index is 1.86. The van der Waals surface area contributed by atoms with Gasteiger partial charge in [0.25, 0.3) is 5.95 Å². The number of esters is 2. The highest BCUT2D eigenvalue weighted by Gasteiger charge is 2.50. The van der Waals surface area contributed by atoms with Crippen LogP contribution in [0.1, 0.15) is 25.6 Å². The van der Waals surface area contributed by atoms with Crippen LogP contribution in [-0.4, -0.2) is 55.5 Å². The van der Waals surface area contributed by atoms with Crippen molar-refractivity contribution in [3.63, 3.8) is 0 Å². The van der Waals surface area contributed by atoms with Gasteiger partial charge in [-0.05, 0) is 13.5 Å². The molecule has 0 radical (unpaired) electrons. The maximum atomic E-state index is 12.1. The summed E-state index contributed by atoms with van der Waals surface area (Å²) in [6.07, 6.45) is -2.16. The van der Waals surface area contributed by atoms with Gasteiger partial charge >= 0.3 is 11.9 Å². The van der Waals surface area contributed by atoms with Crippen LogP contribution in [-0.2, 0) is 28.5 Å². The van der Waals surface area contributed by atoms with Crippen LogP contribution < -0.4 is 5.73 Å². The van der Waals surface area contributed by atoms with Gasteiger partial charge < -0.3 is 24.7 Å². The molecule has 184 valence electrons. The van der Waals surface area contributed by atoms with Crippen LogP contribution in [0.4, 0.5) is 5.82 Å². The maximum Gasteiger partial charge on any atom is 0.310 e. The summed E-state index contributed by atoms with van der Waals surface area (Å²) >= 11 is 4.38. The molecule has 35 heavy (non-hydrogen) atoms. The lowest BCUT2D eigenvalue weighted by molar-refractivity contribution is -0.161. The first kappa shape index (κ1) is 24.5. The average molecular weight is 500 g/mol. The van der Waals surface area contributed by atoms with Crippen molar-refractivity contribution in [3.8, 4) is 11.4 Å². The van der Waals surface area contributed by atoms with Crippen LogP contribution in [0.3, 0.4) is 0 Å². The number of carbonyl (C=O) groups is 2. The minimum atomic E-state index is -0.991. The van der Waals surface area contributed by atoms with Crippen molar-refractivity contribution in [1.29, 1.82) is 0 Å². The molecule has 4 atom stereocenters. The molecule has 3 heterocycles. The van der Waals surface area contributed by atoms with Crippen molar-refractivity contribution in [3.05, 3.63) is 48.7 Å². The van der Waals surface area contributed by atoms with Crippen LogP contribution >= 0.6 is 12.6 Å². The normalized spacial score (nSPS) is 21.6. The third-order valence-electron chi connectivity index (χ3n) is 5.36. The molecular formula is C23H25N5O6S. The second-order valence-electron chi connectivity index (χ2n) is 7.97. The first-order valence-corrected chi connectivity index (χ1v) is 11.4. The number of benzene rings is 1. The summed E-state index contributed by atoms with van der Waals surface area (Å²) in [6, 6.07) is 7.69. The van der Waals surface area contributed by atoms with Gasteiger partial charge in [-0.2, -0.15) is 12.6 Å². The molecular weight excluding hydrogens is 474 g/mol. The van der Waals surface area contributed by atoms with E-state index in [0.29, 0.717) is 17.0 Å². The molecule has 0 unspecified atom stereocenters. The van der Waals surface area contributed by atoms with E-state index in [1.807, 2.05) is 31.2 Å². The molecule has 1 saturated heterocycles. The summed E-state index contributed by atoms with van der Waals surface area (Å²) in [4.78, 5) is 36.6. The second-order valence-corrected chi connectivity index (χ2v) is 8.34. The number of rotatable bonds is 7. The van der Waals surface area contributed by atoms with Crippen LogP contribution in [0, 0.1) is 6.92 Å². The predicted octanol–water partition coefficient (Wildman–Crippen LogP) is 2.56. The Hall–Kier alpha value is -3.64. The molecule has 2 N–H and O–H groups in total. The third-order valence-corrected chi connectivity index (χ3v) is 5.72. The summed E-state index contributed by atoms with van der Waals surface area (Å²) in [5.74, 6) is -0.554. The Morgan fingerprint density at radius 3 is 2.49 bits per heavy atom. The number of hydrogen-bond acceptors (Lipinski definition) is 11. The number of imidazole rings is 1. The minimum absolute atomic E-state index is 0.186. The fourth-order valence-corrected chi connectivity index (χ4v) is 4.23. The van der Waals surface area contributed by atoms with Gasteiger partial charge in [0.15, 0.2) is 35.4 Å². The van der Waals surface area contributed by atoms with E-state index in [-0.39, 0.29) is 17.5 Å². The number of thiol groups is 1. The summed E-state index contributed by atoms with van der Waals surface area (Å²) in [5.41, 5.74) is 8.67. The summed E-state index contributed by atoms with van der Waals surface area (Å²) in [7, 11) is 0. The molecule has 3 aromatic rings. The molecule has 1 aromatic carbocycles. The standard InChI is InChI=1S/C23H25N5O6S/c1-11-5-7-15(8-6-11)21-27-17-20(24)25-10-26-22(17)28(21)23-19(32-13(3)30)18(16(9-35)34-23)33-14(4)31-12(2)29/h5-8,10,16,18-19,23,35H,4,9H2,1-3H3,(H2,24,25,26)/t16-,18-,19-,23-/m1/s1. The van der Waals surface area contributed by atoms with Gasteiger partial charge in [-0.25, -0.2) is 15.0 Å². The van der Waals surface area contributed by atoms with Gasteiger partial charge in [0, 0.05) is 25.2 Å². The van der Waals surface area contributed by atoms with Gasteiger partial charge in [0.05, 0.1) is 0 Å². The van der Waals surface area contributed by atoms with Crippen LogP contribution in [0.5, 0.6) is 0 Å². The van der Waals surface area contributed by atoms with E-state index >= 15 is 0 Å². The molecule has 1 aliphatic heterocycles. The van der Waals surface area contributed by atoms with Crippen molar-refractivity contribution in [2.45, 2.75) is 45.3 Å². The van der Waals surface area contributed by atoms with Crippen molar-refractivity contribution in [1.82, 2.24) is 19.5 Å². The highest BCUT2D eigenvalue weighted by atomic mass is 32.1. The second kappa shape index (κ2) is 9.92. The lowest BCUT2D eigenvalue weighted by atomic mass is 10.1. The number of nitrogens with two attached hydrogens (primary N) is 1. The monoisotopic (exact) mass is 499 g/mol. The lowest BCUT2D eigenvalue weighted by Crippen LogP contribution is -2.38. The van der Waals surface area contributed by atoms with E-state index in [0.717, 1.165) is 11.1 Å². The number of nitrogen functional groups attached to an aromatic ring is 1. The van der Waals surface area contributed by atoms with Crippen LogP contribution in [0.25, 0.3) is 22.6 Å². The largest absolute Gasteiger partial charge is 0.455 e. The highest BCUT2D eigenvalue weighted by Crippen LogP contribution is 2.40. The summed E-state index contributed by atoms with van der Waals surface area (Å²) in [5, 5.41) is 0. The van der Waals surface area contributed by atoms with Crippen molar-refractivity contribution in [2.24, 2.45) is 0 Å². The zero-order chi connectivity index (χ0) is 25.3. The Labute approximate surface area is 206 Å². The Kier molecular flexibility index (Phi) is 6.94. The van der Waals surface area contributed by atoms with Crippen molar-refractivity contribution in [2.75, 3.05) is 11.5 Å². The zero-order valence-electron chi connectivity index (χ0n) is 19.4. The molecule has 11 nitrogen and oxygen atoms in total. The minimum Gasteiger partial charge on any atom is -0.455 e. The van der Waals surface area contributed by atoms with Gasteiger partial charge in [-0.1, -0.05) is 29.8 Å². The molecule has 0 amide bonds. The molecule has 1 aliphatic rings. The van der Waals surface area contributed by atoms with E-state index in [9.17, 15) is 9.59 Å². The molecule has 0 spiro atoms. The maximum absolute atomic E-state index is 12.1. The predicted molar refractivity (Wildman–Crippen MR) is 129 cm³/mol. The third kappa shape index (κ3) is 4.93. The fourth-order valence-electron chi connectivity index (χ4n) is 3.93. The number of ether oxygens (including phenoxy) is 4. The van der Waals surface area contributed by atoms with E-state index in [1.54, 1.807) is 4.57 Å². The number of aromatic nitrogens is 4. The Morgan fingerprint density at radius 2 is 1.86 bits per heavy atom. The number of aryl methyl sites for hydroxylation is 1. The molecule has 4 rings (SSSR count). The first-order valence-electron chi connectivity index (χ1n) is 10.7. The van der Waals surface area contributed by atoms with Crippen molar-refractivity contribution >= 4 is 41.5 Å². The highest BCUT2D eigenvalue weighted by molar-refractivity contribution is 7.80. The average Bonchev–Trinajstić information content (AvgIpc) is 3.32. The van der Waals surface area contributed by atoms with Gasteiger partial charge in [0.1, 0.15) is 18.3 Å². The number of fused-ring (bicyclic) bond motifs is 1. The van der Waals surface area contributed by atoms with Gasteiger partial charge in [-0.3, -0.25) is 14.2 Å². The van der Waals surface area contributed by atoms with E-state index in [4.69, 9.17) is 29.7 Å². The topological polar surface area (TPSA) is 141 Å². The molecule has 12 heteroatoms. The number of hydrogen-bond donors (Lipinski definition) is 2. The van der Waals surface area contributed by atoms with E-state index in [1.165, 1.54) is 20.2 Å². The molecule has 0 saturated carbocycles. The fraction of sp³-hybridized carbons (Fsp3) is 0.348. The smallest absolute Gasteiger partial charge is 0.310 e. The van der Waals surface area contributed by atoms with Gasteiger partial charge in [0.2, 0.25) is 0 Å². The number of anilines is 1. The van der Waals surface area contributed by atoms with Crippen LogP contribution in [0.2, 0.25) is 0 Å². The number of carbonyl (C=O) groups excluding carboxylic acids is 2. The first-order chi connectivity index (χ1) is 16.7. The van der Waals surface area contributed by atoms with Crippen LogP contribution in [0.15, 0.2) is 43.1 Å². The number of nitrogens with zero attached hydrogens (tertiary/aromatic N) is 4. The lowest BCUT2D eigenvalue weighted by Gasteiger charge is -2.25. The summed E-state index contributed by atoms with van der Waals surface area (Å²) < 4.78 is 24.4. The van der Waals surface area contributed by atoms with Crippen molar-refractivity contribution < 1.29 is 28.5 Å². The van der Waals surface area contributed by atoms with Gasteiger partial charge in [-0.15, -0.1) is 0 Å². The quantitative estimate of drug-likeness (QED) is 0.283. The summed E-state index contributed by atoms with van der Waals surface area (Å²) in [6.45, 7) is 8.09. The Morgan fingerprint density at radius 1 is 1.14 bits per heavy atom. The zero-order valence-corrected chi connectivity index (χ0v) is 20.3. The SMILES string of the molecule is C=C(OC(C)=O)O[C@H]1[C@@H](OC(C)=O)[C@H](n2c(-c3ccc(C)cc3)nc3c(N)ncnc32)O[C@@H]1CS. The molecule has 0 aliphatic carbocycles. The molecule has 2 aromatic heterocycles. The van der Waals surface area contributed by atoms with E-state index < -0.39 is 36.5 Å². The van der Waals surface area contributed by atoms with E-state index in [2.05, 4.69) is 29.2 Å². The Bertz CT molecular complexity index is 1280. The molecule has 0 bridgehead atoms. The molecule has 1 fully saturated rings.